The molecule has 18 heavy (non-hydrogen) atoms. The van der Waals surface area contributed by atoms with Gasteiger partial charge in [-0.15, -0.1) is 0 Å². The topological polar surface area (TPSA) is 74.7 Å². The van der Waals surface area contributed by atoms with Gasteiger partial charge in [-0.25, -0.2) is 4.98 Å². The van der Waals surface area contributed by atoms with Crippen LogP contribution in [-0.2, 0) is 4.74 Å². The predicted molar refractivity (Wildman–Crippen MR) is 67.6 cm³/mol. The molecule has 0 unspecified atom stereocenters. The zero-order valence-electron chi connectivity index (χ0n) is 10.7. The number of likely N-dealkylation sites (N-methyl/N-ethyl adjacent to an activating group) is 1. The van der Waals surface area contributed by atoms with Crippen molar-refractivity contribution in [1.29, 1.82) is 0 Å². The Labute approximate surface area is 107 Å². The molecule has 1 amide bonds. The Kier molecular flexibility index (Phi) is 6.10. The van der Waals surface area contributed by atoms with Gasteiger partial charge in [0.1, 0.15) is 5.75 Å². The van der Waals surface area contributed by atoms with Gasteiger partial charge in [0.25, 0.3) is 5.91 Å². The van der Waals surface area contributed by atoms with E-state index in [0.29, 0.717) is 19.8 Å². The van der Waals surface area contributed by atoms with E-state index in [1.807, 2.05) is 19.0 Å². The Morgan fingerprint density at radius 3 is 2.94 bits per heavy atom. The SMILES string of the molecule is CN(C)CCOCCNC(=O)c1ncccc1O. The first-order chi connectivity index (χ1) is 8.61. The molecule has 1 rings (SSSR count). The molecule has 0 aliphatic heterocycles. The molecular formula is C12H19N3O3. The Hall–Kier alpha value is -1.66. The second-order valence-electron chi connectivity index (χ2n) is 4.04. The third kappa shape index (κ3) is 5.11. The van der Waals surface area contributed by atoms with Crippen molar-refractivity contribution >= 4 is 5.91 Å². The Bertz CT molecular complexity index is 383. The van der Waals surface area contributed by atoms with Gasteiger partial charge in [-0.3, -0.25) is 4.79 Å². The minimum absolute atomic E-state index is 0.0331. The monoisotopic (exact) mass is 253 g/mol. The number of nitrogens with zero attached hydrogens (tertiary/aromatic N) is 2. The van der Waals surface area contributed by atoms with Crippen molar-refractivity contribution < 1.29 is 14.6 Å². The average molecular weight is 253 g/mol. The second kappa shape index (κ2) is 7.62. The summed E-state index contributed by atoms with van der Waals surface area (Å²) in [7, 11) is 3.93. The van der Waals surface area contributed by atoms with Crippen LogP contribution in [0.15, 0.2) is 18.3 Å². The zero-order chi connectivity index (χ0) is 13.4. The molecule has 0 aliphatic rings. The van der Waals surface area contributed by atoms with Crippen LogP contribution in [0, 0.1) is 0 Å². The molecule has 2 N–H and O–H groups in total. The van der Waals surface area contributed by atoms with E-state index in [-0.39, 0.29) is 11.4 Å². The summed E-state index contributed by atoms with van der Waals surface area (Å²) in [5.74, 6) is -0.521. The molecule has 0 saturated heterocycles. The minimum atomic E-state index is -0.399. The third-order valence-electron chi connectivity index (χ3n) is 2.22. The number of ether oxygens (including phenoxy) is 1. The minimum Gasteiger partial charge on any atom is -0.505 e. The fourth-order valence-electron chi connectivity index (χ4n) is 1.24. The number of carbonyl (C=O) groups is 1. The highest BCUT2D eigenvalue weighted by Crippen LogP contribution is 2.11. The first-order valence-electron chi connectivity index (χ1n) is 5.76. The van der Waals surface area contributed by atoms with Crippen LogP contribution in [0.1, 0.15) is 10.5 Å². The van der Waals surface area contributed by atoms with Crippen molar-refractivity contribution in [3.63, 3.8) is 0 Å². The average Bonchev–Trinajstić information content (AvgIpc) is 2.33. The number of nitrogens with one attached hydrogen (secondary N) is 1. The Morgan fingerprint density at radius 1 is 1.50 bits per heavy atom. The van der Waals surface area contributed by atoms with Crippen LogP contribution in [0.2, 0.25) is 0 Å². The van der Waals surface area contributed by atoms with Gasteiger partial charge in [-0.2, -0.15) is 0 Å². The van der Waals surface area contributed by atoms with Crippen LogP contribution in [-0.4, -0.2) is 61.3 Å². The number of aromatic hydroxyl groups is 1. The predicted octanol–water partition coefficient (Wildman–Crippen LogP) is 0.0952. The normalized spacial score (nSPS) is 10.6. The quantitative estimate of drug-likeness (QED) is 0.674. The summed E-state index contributed by atoms with van der Waals surface area (Å²) < 4.78 is 5.32. The van der Waals surface area contributed by atoms with Crippen LogP contribution >= 0.6 is 0 Å². The van der Waals surface area contributed by atoms with E-state index in [9.17, 15) is 9.90 Å². The maximum Gasteiger partial charge on any atom is 0.273 e. The van der Waals surface area contributed by atoms with E-state index in [4.69, 9.17) is 4.74 Å². The summed E-state index contributed by atoms with van der Waals surface area (Å²) in [6.45, 7) is 2.29. The molecule has 1 aromatic rings. The van der Waals surface area contributed by atoms with Crippen molar-refractivity contribution in [1.82, 2.24) is 15.2 Å². The van der Waals surface area contributed by atoms with E-state index < -0.39 is 5.91 Å². The van der Waals surface area contributed by atoms with E-state index in [0.717, 1.165) is 6.54 Å². The molecule has 6 nitrogen and oxygen atoms in total. The van der Waals surface area contributed by atoms with Gasteiger partial charge in [0, 0.05) is 19.3 Å². The van der Waals surface area contributed by atoms with Gasteiger partial charge in [0.05, 0.1) is 13.2 Å². The standard InChI is InChI=1S/C12H19N3O3/c1-15(2)7-9-18-8-6-14-12(17)11-10(16)4-3-5-13-11/h3-5,16H,6-9H2,1-2H3,(H,14,17). The van der Waals surface area contributed by atoms with E-state index in [2.05, 4.69) is 10.3 Å². The van der Waals surface area contributed by atoms with Crippen molar-refractivity contribution in [3.05, 3.63) is 24.0 Å². The van der Waals surface area contributed by atoms with E-state index in [1.165, 1.54) is 12.3 Å². The number of amides is 1. The van der Waals surface area contributed by atoms with Gasteiger partial charge in [0.15, 0.2) is 5.69 Å². The highest BCUT2D eigenvalue weighted by molar-refractivity contribution is 5.94. The van der Waals surface area contributed by atoms with Crippen LogP contribution in [0.3, 0.4) is 0 Å². The molecule has 1 aromatic heterocycles. The summed E-state index contributed by atoms with van der Waals surface area (Å²) in [6.07, 6.45) is 1.46. The smallest absolute Gasteiger partial charge is 0.273 e. The number of rotatable bonds is 7. The van der Waals surface area contributed by atoms with Gasteiger partial charge >= 0.3 is 0 Å². The largest absolute Gasteiger partial charge is 0.505 e. The molecule has 6 heteroatoms. The number of aromatic nitrogens is 1. The van der Waals surface area contributed by atoms with Gasteiger partial charge in [-0.05, 0) is 26.2 Å². The lowest BCUT2D eigenvalue weighted by atomic mass is 10.3. The Morgan fingerprint density at radius 2 is 2.28 bits per heavy atom. The summed E-state index contributed by atoms with van der Waals surface area (Å²) in [6, 6.07) is 2.99. The summed E-state index contributed by atoms with van der Waals surface area (Å²) in [5, 5.41) is 12.1. The fraction of sp³-hybridized carbons (Fsp3) is 0.500. The van der Waals surface area contributed by atoms with Crippen LogP contribution in [0.4, 0.5) is 0 Å². The maximum absolute atomic E-state index is 11.6. The molecule has 0 spiro atoms. The lowest BCUT2D eigenvalue weighted by Crippen LogP contribution is -2.29. The lowest BCUT2D eigenvalue weighted by Gasteiger charge is -2.10. The molecule has 0 aromatic carbocycles. The Balaban J connectivity index is 2.20. The highest BCUT2D eigenvalue weighted by Gasteiger charge is 2.10. The molecule has 1 heterocycles. The number of hydrogen-bond acceptors (Lipinski definition) is 5. The molecule has 0 bridgehead atoms. The van der Waals surface area contributed by atoms with Crippen molar-refractivity contribution in [3.8, 4) is 5.75 Å². The summed E-state index contributed by atoms with van der Waals surface area (Å²) in [4.78, 5) is 17.4. The van der Waals surface area contributed by atoms with Crippen molar-refractivity contribution in [2.75, 3.05) is 40.4 Å². The van der Waals surface area contributed by atoms with Crippen molar-refractivity contribution in [2.24, 2.45) is 0 Å². The van der Waals surface area contributed by atoms with E-state index in [1.54, 1.807) is 6.07 Å². The lowest BCUT2D eigenvalue weighted by molar-refractivity contribution is 0.0893. The molecule has 0 saturated carbocycles. The number of carbonyl (C=O) groups excluding carboxylic acids is 1. The maximum atomic E-state index is 11.6. The van der Waals surface area contributed by atoms with Crippen LogP contribution in [0.5, 0.6) is 5.75 Å². The highest BCUT2D eigenvalue weighted by atomic mass is 16.5. The molecular weight excluding hydrogens is 234 g/mol. The molecule has 0 fully saturated rings. The summed E-state index contributed by atoms with van der Waals surface area (Å²) in [5.41, 5.74) is 0.0331. The van der Waals surface area contributed by atoms with E-state index >= 15 is 0 Å². The third-order valence-corrected chi connectivity index (χ3v) is 2.22. The second-order valence-corrected chi connectivity index (χ2v) is 4.04. The molecule has 0 aliphatic carbocycles. The fourth-order valence-corrected chi connectivity index (χ4v) is 1.24. The molecule has 100 valence electrons. The van der Waals surface area contributed by atoms with Gasteiger partial charge < -0.3 is 20.1 Å². The van der Waals surface area contributed by atoms with Crippen LogP contribution < -0.4 is 5.32 Å². The molecule has 0 atom stereocenters. The van der Waals surface area contributed by atoms with Gasteiger partial charge in [0.2, 0.25) is 0 Å². The first kappa shape index (κ1) is 14.4. The van der Waals surface area contributed by atoms with Gasteiger partial charge in [-0.1, -0.05) is 0 Å². The summed E-state index contributed by atoms with van der Waals surface area (Å²) >= 11 is 0. The first-order valence-corrected chi connectivity index (χ1v) is 5.76. The molecule has 0 radical (unpaired) electrons. The van der Waals surface area contributed by atoms with Crippen LogP contribution in [0.25, 0.3) is 0 Å². The van der Waals surface area contributed by atoms with Crippen molar-refractivity contribution in [2.45, 2.75) is 0 Å². The number of pyridine rings is 1. The zero-order valence-corrected chi connectivity index (χ0v) is 10.7. The number of hydrogen-bond donors (Lipinski definition) is 2.